The van der Waals surface area contributed by atoms with Crippen LogP contribution in [0.25, 0.3) is 0 Å². The topological polar surface area (TPSA) is 109 Å². The fraction of sp³-hybridized carbons (Fsp3) is 0.364. The highest BCUT2D eigenvalue weighted by Crippen LogP contribution is 2.09. The summed E-state index contributed by atoms with van der Waals surface area (Å²) in [5.41, 5.74) is 1.46. The van der Waals surface area contributed by atoms with E-state index in [1.807, 2.05) is 30.3 Å². The standard InChI is InChI=1S/C22H28N4O4/c1-4-30-21(28)19(15(2)3)26-22(29)25-18(14-16-8-6-5-7-9-16)20(27)24-17-10-12-23-13-11-17/h5-13,15,18-19H,4,14H2,1-3H3,(H,23,24,27)(H2,25,26,29)/t18?,19-/m0/s1. The zero-order valence-corrected chi connectivity index (χ0v) is 17.4. The maximum Gasteiger partial charge on any atom is 0.328 e. The van der Waals surface area contributed by atoms with Crippen molar-refractivity contribution in [1.82, 2.24) is 15.6 Å². The molecule has 2 aromatic rings. The molecule has 1 aromatic carbocycles. The molecule has 3 amide bonds. The molecule has 1 aromatic heterocycles. The second-order valence-corrected chi connectivity index (χ2v) is 7.06. The Balaban J connectivity index is 2.11. The van der Waals surface area contributed by atoms with Crippen molar-refractivity contribution in [3.63, 3.8) is 0 Å². The summed E-state index contributed by atoms with van der Waals surface area (Å²) in [5, 5.41) is 8.08. The first kappa shape index (κ1) is 22.9. The number of nitrogens with one attached hydrogen (secondary N) is 3. The predicted molar refractivity (Wildman–Crippen MR) is 114 cm³/mol. The molecule has 0 spiro atoms. The van der Waals surface area contributed by atoms with Gasteiger partial charge >= 0.3 is 12.0 Å². The number of urea groups is 1. The van der Waals surface area contributed by atoms with Crippen LogP contribution < -0.4 is 16.0 Å². The number of esters is 1. The second kappa shape index (κ2) is 11.5. The number of pyridine rings is 1. The molecule has 0 radical (unpaired) electrons. The normalized spacial score (nSPS) is 12.5. The Morgan fingerprint density at radius 2 is 1.67 bits per heavy atom. The summed E-state index contributed by atoms with van der Waals surface area (Å²) in [6, 6.07) is 10.4. The lowest BCUT2D eigenvalue weighted by Crippen LogP contribution is -2.54. The van der Waals surface area contributed by atoms with E-state index in [0.29, 0.717) is 5.69 Å². The summed E-state index contributed by atoms with van der Waals surface area (Å²) < 4.78 is 5.03. The van der Waals surface area contributed by atoms with Crippen molar-refractivity contribution in [2.45, 2.75) is 39.3 Å². The highest BCUT2D eigenvalue weighted by atomic mass is 16.5. The average molecular weight is 412 g/mol. The number of amides is 3. The highest BCUT2D eigenvalue weighted by molar-refractivity contribution is 5.97. The second-order valence-electron chi connectivity index (χ2n) is 7.06. The van der Waals surface area contributed by atoms with Crippen molar-refractivity contribution >= 4 is 23.6 Å². The van der Waals surface area contributed by atoms with Gasteiger partial charge < -0.3 is 20.7 Å². The minimum atomic E-state index is -0.851. The summed E-state index contributed by atoms with van der Waals surface area (Å²) >= 11 is 0. The van der Waals surface area contributed by atoms with Crippen LogP contribution in [0.1, 0.15) is 26.3 Å². The molecular formula is C22H28N4O4. The fourth-order valence-corrected chi connectivity index (χ4v) is 2.79. The number of ether oxygens (including phenoxy) is 1. The predicted octanol–water partition coefficient (Wildman–Crippen LogP) is 2.52. The number of carbonyl (C=O) groups is 3. The molecule has 160 valence electrons. The minimum absolute atomic E-state index is 0.173. The van der Waals surface area contributed by atoms with Crippen LogP contribution in [0.15, 0.2) is 54.9 Å². The van der Waals surface area contributed by atoms with Gasteiger partial charge in [-0.15, -0.1) is 0 Å². The summed E-state index contributed by atoms with van der Waals surface area (Å²) in [5.74, 6) is -1.06. The Morgan fingerprint density at radius 3 is 2.27 bits per heavy atom. The number of carbonyl (C=O) groups excluding carboxylic acids is 3. The number of aromatic nitrogens is 1. The summed E-state index contributed by atoms with van der Waals surface area (Å²) in [7, 11) is 0. The van der Waals surface area contributed by atoms with Crippen LogP contribution in [0.5, 0.6) is 0 Å². The molecule has 0 fully saturated rings. The maximum atomic E-state index is 12.8. The zero-order chi connectivity index (χ0) is 21.9. The molecule has 1 unspecified atom stereocenters. The van der Waals surface area contributed by atoms with Crippen LogP contribution in [0.2, 0.25) is 0 Å². The van der Waals surface area contributed by atoms with Gasteiger partial charge in [-0.3, -0.25) is 9.78 Å². The van der Waals surface area contributed by atoms with E-state index >= 15 is 0 Å². The van der Waals surface area contributed by atoms with Gasteiger partial charge in [0.15, 0.2) is 0 Å². The van der Waals surface area contributed by atoms with Gasteiger partial charge in [0, 0.05) is 24.5 Å². The first-order valence-corrected chi connectivity index (χ1v) is 9.89. The van der Waals surface area contributed by atoms with Gasteiger partial charge in [-0.25, -0.2) is 9.59 Å². The Hall–Kier alpha value is -3.42. The van der Waals surface area contributed by atoms with Crippen molar-refractivity contribution in [3.8, 4) is 0 Å². The third-order valence-corrected chi connectivity index (χ3v) is 4.35. The first-order valence-electron chi connectivity index (χ1n) is 9.89. The lowest BCUT2D eigenvalue weighted by molar-refractivity contribution is -0.146. The third-order valence-electron chi connectivity index (χ3n) is 4.35. The molecule has 0 saturated carbocycles. The van der Waals surface area contributed by atoms with Gasteiger partial charge in [0.1, 0.15) is 12.1 Å². The molecule has 30 heavy (non-hydrogen) atoms. The highest BCUT2D eigenvalue weighted by Gasteiger charge is 2.28. The molecule has 1 heterocycles. The van der Waals surface area contributed by atoms with Crippen molar-refractivity contribution in [1.29, 1.82) is 0 Å². The molecule has 2 rings (SSSR count). The molecular weight excluding hydrogens is 384 g/mol. The van der Waals surface area contributed by atoms with Crippen LogP contribution in [0.3, 0.4) is 0 Å². The monoisotopic (exact) mass is 412 g/mol. The fourth-order valence-electron chi connectivity index (χ4n) is 2.79. The Kier molecular flexibility index (Phi) is 8.80. The van der Waals surface area contributed by atoms with Gasteiger partial charge in [-0.05, 0) is 30.5 Å². The third kappa shape index (κ3) is 7.20. The van der Waals surface area contributed by atoms with Gasteiger partial charge in [0.2, 0.25) is 5.91 Å². The van der Waals surface area contributed by atoms with E-state index in [9.17, 15) is 14.4 Å². The van der Waals surface area contributed by atoms with Crippen LogP contribution in [0, 0.1) is 5.92 Å². The van der Waals surface area contributed by atoms with Gasteiger partial charge in [0.25, 0.3) is 0 Å². The molecule has 0 bridgehead atoms. The summed E-state index contributed by atoms with van der Waals surface area (Å²) in [6.07, 6.45) is 3.42. The van der Waals surface area contributed by atoms with E-state index in [4.69, 9.17) is 4.74 Å². The quantitative estimate of drug-likeness (QED) is 0.548. The van der Waals surface area contributed by atoms with E-state index < -0.39 is 24.1 Å². The molecule has 2 atom stereocenters. The summed E-state index contributed by atoms with van der Waals surface area (Å²) in [6.45, 7) is 5.53. The van der Waals surface area contributed by atoms with E-state index in [0.717, 1.165) is 5.56 Å². The SMILES string of the molecule is CCOC(=O)[C@@H](NC(=O)NC(Cc1ccccc1)C(=O)Nc1ccncc1)C(C)C. The van der Waals surface area contributed by atoms with Crippen molar-refractivity contribution in [2.24, 2.45) is 5.92 Å². The molecule has 8 nitrogen and oxygen atoms in total. The largest absolute Gasteiger partial charge is 0.464 e. The van der Waals surface area contributed by atoms with Gasteiger partial charge in [0.05, 0.1) is 6.61 Å². The number of hydrogen-bond acceptors (Lipinski definition) is 5. The van der Waals surface area contributed by atoms with E-state index in [1.165, 1.54) is 0 Å². The molecule has 0 aliphatic rings. The number of rotatable bonds is 9. The van der Waals surface area contributed by atoms with Crippen molar-refractivity contribution in [3.05, 3.63) is 60.4 Å². The van der Waals surface area contributed by atoms with Crippen molar-refractivity contribution in [2.75, 3.05) is 11.9 Å². The average Bonchev–Trinajstić information content (AvgIpc) is 2.73. The van der Waals surface area contributed by atoms with Crippen LogP contribution in [0.4, 0.5) is 10.5 Å². The van der Waals surface area contributed by atoms with E-state index in [-0.39, 0.29) is 24.9 Å². The van der Waals surface area contributed by atoms with E-state index in [2.05, 4.69) is 20.9 Å². The number of nitrogens with zero attached hydrogens (tertiary/aromatic N) is 1. The lowest BCUT2D eigenvalue weighted by Gasteiger charge is -2.23. The molecule has 3 N–H and O–H groups in total. The van der Waals surface area contributed by atoms with E-state index in [1.54, 1.807) is 45.3 Å². The number of hydrogen-bond donors (Lipinski definition) is 3. The molecule has 0 saturated heterocycles. The smallest absolute Gasteiger partial charge is 0.328 e. The molecule has 8 heteroatoms. The molecule has 0 aliphatic heterocycles. The maximum absolute atomic E-state index is 12.8. The van der Waals surface area contributed by atoms with Crippen molar-refractivity contribution < 1.29 is 19.1 Å². The van der Waals surface area contributed by atoms with Crippen LogP contribution in [-0.2, 0) is 20.7 Å². The lowest BCUT2D eigenvalue weighted by atomic mass is 10.0. The first-order chi connectivity index (χ1) is 14.4. The molecule has 0 aliphatic carbocycles. The zero-order valence-electron chi connectivity index (χ0n) is 17.4. The number of anilines is 1. The van der Waals surface area contributed by atoms with Gasteiger partial charge in [-0.2, -0.15) is 0 Å². The number of benzene rings is 1. The minimum Gasteiger partial charge on any atom is -0.464 e. The Morgan fingerprint density at radius 1 is 1.00 bits per heavy atom. The summed E-state index contributed by atoms with van der Waals surface area (Å²) in [4.78, 5) is 41.5. The Labute approximate surface area is 176 Å². The van der Waals surface area contributed by atoms with Crippen LogP contribution >= 0.6 is 0 Å². The Bertz CT molecular complexity index is 828. The van der Waals surface area contributed by atoms with Crippen LogP contribution in [-0.4, -0.2) is 41.6 Å². The van der Waals surface area contributed by atoms with Gasteiger partial charge in [-0.1, -0.05) is 44.2 Å².